The van der Waals surface area contributed by atoms with Crippen molar-refractivity contribution in [1.29, 1.82) is 0 Å². The summed E-state index contributed by atoms with van der Waals surface area (Å²) in [5.74, 6) is 0. The first kappa shape index (κ1) is 26.5. The smallest absolute Gasteiger partial charge is 0.269 e. The molecule has 0 fully saturated rings. The molecule has 3 radical (unpaired) electrons. The quantitative estimate of drug-likeness (QED) is 0.530. The second kappa shape index (κ2) is 33.1. The van der Waals surface area contributed by atoms with Crippen molar-refractivity contribution in [2.75, 3.05) is 0 Å². The molecule has 7 heavy (non-hydrogen) atoms. The van der Waals surface area contributed by atoms with Crippen molar-refractivity contribution >= 4 is 16.5 Å². The Morgan fingerprint density at radius 1 is 1.14 bits per heavy atom. The Balaban J connectivity index is -0.0000000150. The van der Waals surface area contributed by atoms with Crippen LogP contribution in [-0.4, -0.2) is 16.5 Å². The minimum Gasteiger partial charge on any atom is -0.269 e. The zero-order valence-electron chi connectivity index (χ0n) is 4.14. The first-order valence-corrected chi connectivity index (χ1v) is 3.04. The van der Waals surface area contributed by atoms with Gasteiger partial charge in [-0.05, 0) is 0 Å². The van der Waals surface area contributed by atoms with Crippen LogP contribution in [0.2, 0.25) is 5.25 Å². The van der Waals surface area contributed by atoms with Crippen molar-refractivity contribution in [2.45, 2.75) is 18.6 Å². The number of rotatable bonds is 1. The Morgan fingerprint density at radius 3 is 1.29 bits per heavy atom. The third-order valence-corrected chi connectivity index (χ3v) is 1.30. The zero-order valence-corrected chi connectivity index (χ0v) is 6.24. The minimum absolute atomic E-state index is 0. The van der Waals surface area contributed by atoms with Gasteiger partial charge in [-0.3, -0.25) is 14.1 Å². The Bertz CT molecular complexity index is 12.1. The molecule has 0 aliphatic carbocycles. The molecule has 0 unspecified atom stereocenters. The van der Waals surface area contributed by atoms with Crippen LogP contribution in [0, 0.1) is 0 Å². The van der Waals surface area contributed by atoms with E-state index in [0.29, 0.717) is 0 Å². The third-order valence-electron chi connectivity index (χ3n) is 0.250. The van der Waals surface area contributed by atoms with Crippen molar-refractivity contribution in [2.24, 2.45) is 0 Å². The molecule has 0 aromatic heterocycles. The monoisotopic (exact) mass is 177 g/mol. The fourth-order valence-corrected chi connectivity index (χ4v) is 0. The van der Waals surface area contributed by atoms with Gasteiger partial charge < -0.3 is 0 Å². The molecule has 0 N–H and O–H groups in total. The molecule has 0 heterocycles. The molecule has 0 bridgehead atoms. The summed E-state index contributed by atoms with van der Waals surface area (Å²) in [5, 5.41) is 1.32. The van der Waals surface area contributed by atoms with Gasteiger partial charge in [-0.2, -0.15) is 0 Å². The van der Waals surface area contributed by atoms with Gasteiger partial charge in [0.1, 0.15) is 0 Å². The normalized spacial score (nSPS) is 4.29. The summed E-state index contributed by atoms with van der Waals surface area (Å²) in [6.07, 6.45) is 1.32. The molecule has 0 spiro atoms. The van der Waals surface area contributed by atoms with E-state index in [2.05, 4.69) is 23.4 Å². The van der Waals surface area contributed by atoms with Gasteiger partial charge in [-0.1, -0.05) is 0 Å². The van der Waals surface area contributed by atoms with Gasteiger partial charge in [0.2, 0.25) is 0 Å². The first-order valence-electron chi connectivity index (χ1n) is 1.56. The van der Waals surface area contributed by atoms with E-state index in [1.54, 1.807) is 0 Å². The molecule has 47 valence electrons. The molecule has 0 aliphatic rings. The van der Waals surface area contributed by atoms with Crippen LogP contribution in [0.1, 0.15) is 13.3 Å². The summed E-state index contributed by atoms with van der Waals surface area (Å²) >= 11 is 2.18. The minimum atomic E-state index is 0. The summed E-state index contributed by atoms with van der Waals surface area (Å²) in [7, 11) is 0. The van der Waals surface area contributed by atoms with Gasteiger partial charge in [0.05, 0.1) is 0 Å². The van der Waals surface area contributed by atoms with Crippen LogP contribution < -0.4 is 0 Å². The molecule has 0 nitrogen and oxygen atoms in total. The predicted molar refractivity (Wildman–Crippen MR) is 28.4 cm³/mol. The summed E-state index contributed by atoms with van der Waals surface area (Å²) in [6.45, 7) is 2.18. The zero-order chi connectivity index (χ0) is 3.41. The van der Waals surface area contributed by atoms with Crippen LogP contribution in [0.25, 0.3) is 0 Å². The maximum absolute atomic E-state index is 2.18. The van der Waals surface area contributed by atoms with Crippen molar-refractivity contribution in [3.63, 3.8) is 0 Å². The molecular weight excluding hydrogens is 166 g/mol. The molecular formula is C3H10F3Ge. The predicted octanol–water partition coefficient (Wildman–Crippen LogP) is 1.44. The average molecular weight is 176 g/mol. The van der Waals surface area contributed by atoms with Crippen LogP contribution in [-0.2, 0) is 0 Å². The molecule has 0 atom stereocenters. The second-order valence-electron chi connectivity index (χ2n) is 0.750. The van der Waals surface area contributed by atoms with E-state index in [1.165, 1.54) is 11.7 Å². The van der Waals surface area contributed by atoms with Gasteiger partial charge in [0, 0.05) is 0 Å². The largest absolute Gasteiger partial charge is 0.269 e. The van der Waals surface area contributed by atoms with E-state index in [0.717, 1.165) is 0 Å². The molecule has 0 saturated heterocycles. The van der Waals surface area contributed by atoms with Crippen LogP contribution in [0.3, 0.4) is 0 Å². The standard InChI is InChI=1S/C3H7Ge.3FH/c1-2-3-4;;;/h2-3H2,1H3;3*1H. The van der Waals surface area contributed by atoms with Crippen LogP contribution in [0.5, 0.6) is 0 Å². The molecule has 0 amide bonds. The fraction of sp³-hybridized carbons (Fsp3) is 1.00. The van der Waals surface area contributed by atoms with Gasteiger partial charge in [0.15, 0.2) is 0 Å². The second-order valence-corrected chi connectivity index (χ2v) is 1.80. The first-order chi connectivity index (χ1) is 1.91. The summed E-state index contributed by atoms with van der Waals surface area (Å²) in [4.78, 5) is 0. The summed E-state index contributed by atoms with van der Waals surface area (Å²) in [6, 6.07) is 0. The van der Waals surface area contributed by atoms with E-state index >= 15 is 0 Å². The van der Waals surface area contributed by atoms with E-state index in [-0.39, 0.29) is 14.1 Å². The van der Waals surface area contributed by atoms with Crippen LogP contribution in [0.15, 0.2) is 0 Å². The maximum Gasteiger partial charge on any atom is -0.269 e. The molecule has 0 aliphatic heterocycles. The van der Waals surface area contributed by atoms with E-state index in [9.17, 15) is 0 Å². The number of halogens is 3. The average Bonchev–Trinajstić information content (AvgIpc) is 1.37. The fourth-order valence-electron chi connectivity index (χ4n) is 0. The van der Waals surface area contributed by atoms with Crippen LogP contribution in [0.4, 0.5) is 14.1 Å². The maximum atomic E-state index is 2.18. The molecule has 0 saturated carbocycles. The molecule has 4 heteroatoms. The van der Waals surface area contributed by atoms with Gasteiger partial charge in [-0.15, -0.1) is 0 Å². The molecule has 0 aromatic carbocycles. The van der Waals surface area contributed by atoms with Crippen molar-refractivity contribution in [3.05, 3.63) is 0 Å². The topological polar surface area (TPSA) is 0 Å². The van der Waals surface area contributed by atoms with Gasteiger partial charge in [0.25, 0.3) is 0 Å². The third kappa shape index (κ3) is 66.9. The van der Waals surface area contributed by atoms with E-state index in [4.69, 9.17) is 0 Å². The Kier molecular flexibility index (Phi) is 125. The Hall–Kier alpha value is 0.333. The van der Waals surface area contributed by atoms with Gasteiger partial charge in [-0.25, -0.2) is 0 Å². The molecule has 0 rings (SSSR count). The van der Waals surface area contributed by atoms with E-state index in [1.807, 2.05) is 0 Å². The van der Waals surface area contributed by atoms with Crippen LogP contribution >= 0.6 is 0 Å². The van der Waals surface area contributed by atoms with Gasteiger partial charge >= 0.3 is 35.1 Å². The number of hydrogen-bond donors (Lipinski definition) is 0. The Labute approximate surface area is 50.0 Å². The number of hydrogen-bond acceptors (Lipinski definition) is 0. The van der Waals surface area contributed by atoms with Crippen molar-refractivity contribution in [3.8, 4) is 0 Å². The summed E-state index contributed by atoms with van der Waals surface area (Å²) in [5.41, 5.74) is 0. The summed E-state index contributed by atoms with van der Waals surface area (Å²) < 4.78 is 0. The van der Waals surface area contributed by atoms with Crippen molar-refractivity contribution < 1.29 is 14.1 Å². The Morgan fingerprint density at radius 2 is 1.29 bits per heavy atom. The molecule has 0 aromatic rings. The van der Waals surface area contributed by atoms with Crippen molar-refractivity contribution in [1.82, 2.24) is 0 Å². The SMILES string of the molecule is CC[CH2][Ge].F.F.F. The van der Waals surface area contributed by atoms with E-state index < -0.39 is 0 Å².